The first-order valence-corrected chi connectivity index (χ1v) is 6.52. The summed E-state index contributed by atoms with van der Waals surface area (Å²) in [5.74, 6) is 0.518. The Bertz CT molecular complexity index is 390. The highest BCUT2D eigenvalue weighted by molar-refractivity contribution is 5.97. The van der Waals surface area contributed by atoms with Crippen LogP contribution in [0.5, 0.6) is 0 Å². The van der Waals surface area contributed by atoms with Crippen LogP contribution in [0.3, 0.4) is 0 Å². The van der Waals surface area contributed by atoms with Gasteiger partial charge in [-0.1, -0.05) is 26.7 Å². The topological polar surface area (TPSA) is 68.0 Å². The lowest BCUT2D eigenvalue weighted by Gasteiger charge is -2.14. The molecule has 0 saturated heterocycles. The highest BCUT2D eigenvalue weighted by atomic mass is 16.1. The molecule has 4 heteroatoms. The van der Waals surface area contributed by atoms with Gasteiger partial charge in [0.25, 0.3) is 5.91 Å². The number of nitrogens with zero attached hydrogens (tertiary/aromatic N) is 1. The summed E-state index contributed by atoms with van der Waals surface area (Å²) in [6.45, 7) is 6.42. The van der Waals surface area contributed by atoms with Crippen LogP contribution in [0.25, 0.3) is 0 Å². The van der Waals surface area contributed by atoms with E-state index in [0.29, 0.717) is 17.3 Å². The van der Waals surface area contributed by atoms with E-state index in [1.165, 1.54) is 6.42 Å². The number of pyridine rings is 1. The number of rotatable bonds is 6. The van der Waals surface area contributed by atoms with Crippen LogP contribution in [0.1, 0.15) is 50.5 Å². The Labute approximate surface area is 109 Å². The Morgan fingerprint density at radius 2 is 2.11 bits per heavy atom. The second-order valence-electron chi connectivity index (χ2n) is 5.14. The molecule has 0 bridgehead atoms. The Morgan fingerprint density at radius 1 is 1.39 bits per heavy atom. The molecule has 1 aromatic heterocycles. The third-order valence-electron chi connectivity index (χ3n) is 2.85. The van der Waals surface area contributed by atoms with Crippen molar-refractivity contribution >= 4 is 11.6 Å². The summed E-state index contributed by atoms with van der Waals surface area (Å²) >= 11 is 0. The lowest BCUT2D eigenvalue weighted by molar-refractivity contribution is 0.0933. The Morgan fingerprint density at radius 3 is 2.72 bits per heavy atom. The van der Waals surface area contributed by atoms with Gasteiger partial charge in [-0.25, -0.2) is 4.98 Å². The lowest BCUT2D eigenvalue weighted by Crippen LogP contribution is -2.33. The SMILES string of the molecule is CC(C)CCCC(C)NC(=O)c1ncccc1N. The van der Waals surface area contributed by atoms with Crippen molar-refractivity contribution in [3.8, 4) is 0 Å². The normalized spacial score (nSPS) is 12.4. The van der Waals surface area contributed by atoms with Crippen molar-refractivity contribution in [1.29, 1.82) is 0 Å². The molecule has 3 N–H and O–H groups in total. The maximum absolute atomic E-state index is 11.9. The van der Waals surface area contributed by atoms with Gasteiger partial charge >= 0.3 is 0 Å². The van der Waals surface area contributed by atoms with Crippen LogP contribution in [-0.2, 0) is 0 Å². The molecule has 0 aliphatic rings. The summed E-state index contributed by atoms with van der Waals surface area (Å²) in [5.41, 5.74) is 6.45. The van der Waals surface area contributed by atoms with Crippen LogP contribution in [0.2, 0.25) is 0 Å². The van der Waals surface area contributed by atoms with E-state index in [4.69, 9.17) is 5.73 Å². The Kier molecular flexibility index (Phi) is 5.62. The number of nitrogen functional groups attached to an aromatic ring is 1. The van der Waals surface area contributed by atoms with Gasteiger partial charge in [0.15, 0.2) is 5.69 Å². The van der Waals surface area contributed by atoms with Crippen molar-refractivity contribution in [3.63, 3.8) is 0 Å². The van der Waals surface area contributed by atoms with E-state index < -0.39 is 0 Å². The van der Waals surface area contributed by atoms with E-state index in [2.05, 4.69) is 24.1 Å². The highest BCUT2D eigenvalue weighted by Crippen LogP contribution is 2.10. The molecule has 1 amide bonds. The first-order valence-electron chi connectivity index (χ1n) is 6.52. The third-order valence-corrected chi connectivity index (χ3v) is 2.85. The van der Waals surface area contributed by atoms with Gasteiger partial charge in [0, 0.05) is 12.2 Å². The molecule has 1 unspecified atom stereocenters. The van der Waals surface area contributed by atoms with Gasteiger partial charge in [0.1, 0.15) is 0 Å². The third kappa shape index (κ3) is 4.73. The van der Waals surface area contributed by atoms with Crippen LogP contribution in [0.15, 0.2) is 18.3 Å². The number of hydrogen-bond donors (Lipinski definition) is 2. The van der Waals surface area contributed by atoms with Crippen LogP contribution < -0.4 is 11.1 Å². The fourth-order valence-corrected chi connectivity index (χ4v) is 1.80. The zero-order valence-corrected chi connectivity index (χ0v) is 11.4. The number of nitrogens with one attached hydrogen (secondary N) is 1. The second-order valence-corrected chi connectivity index (χ2v) is 5.14. The molecule has 0 spiro atoms. The van der Waals surface area contributed by atoms with Crippen LogP contribution in [0, 0.1) is 5.92 Å². The van der Waals surface area contributed by atoms with Crippen molar-refractivity contribution < 1.29 is 4.79 Å². The maximum atomic E-state index is 11.9. The van der Waals surface area contributed by atoms with E-state index in [0.717, 1.165) is 12.8 Å². The quantitative estimate of drug-likeness (QED) is 0.814. The van der Waals surface area contributed by atoms with Gasteiger partial charge in [-0.05, 0) is 31.4 Å². The van der Waals surface area contributed by atoms with E-state index >= 15 is 0 Å². The molecule has 0 aromatic carbocycles. The van der Waals surface area contributed by atoms with Crippen LogP contribution >= 0.6 is 0 Å². The zero-order valence-electron chi connectivity index (χ0n) is 11.4. The minimum atomic E-state index is -0.190. The van der Waals surface area contributed by atoms with Gasteiger partial charge in [0.05, 0.1) is 5.69 Å². The van der Waals surface area contributed by atoms with Gasteiger partial charge < -0.3 is 11.1 Å². The molecular formula is C14H23N3O. The smallest absolute Gasteiger partial charge is 0.272 e. The number of hydrogen-bond acceptors (Lipinski definition) is 3. The first-order chi connectivity index (χ1) is 8.50. The van der Waals surface area contributed by atoms with Crippen molar-refractivity contribution in [1.82, 2.24) is 10.3 Å². The Hall–Kier alpha value is -1.58. The average molecular weight is 249 g/mol. The average Bonchev–Trinajstić information content (AvgIpc) is 2.28. The minimum absolute atomic E-state index is 0.151. The molecule has 1 heterocycles. The standard InChI is InChI=1S/C14H23N3O/c1-10(2)6-4-7-11(3)17-14(18)13-12(15)8-5-9-16-13/h5,8-11H,4,6-7,15H2,1-3H3,(H,17,18). The van der Waals surface area contributed by atoms with Crippen molar-refractivity contribution in [3.05, 3.63) is 24.0 Å². The number of amides is 1. The van der Waals surface area contributed by atoms with Crippen molar-refractivity contribution in [2.45, 2.75) is 46.1 Å². The summed E-state index contributed by atoms with van der Waals surface area (Å²) in [4.78, 5) is 15.9. The molecule has 1 atom stereocenters. The zero-order chi connectivity index (χ0) is 13.5. The predicted molar refractivity (Wildman–Crippen MR) is 74.3 cm³/mol. The van der Waals surface area contributed by atoms with Crippen molar-refractivity contribution in [2.24, 2.45) is 5.92 Å². The fourth-order valence-electron chi connectivity index (χ4n) is 1.80. The van der Waals surface area contributed by atoms with Crippen LogP contribution in [-0.4, -0.2) is 16.9 Å². The molecule has 0 fully saturated rings. The summed E-state index contributed by atoms with van der Waals surface area (Å²) in [6, 6.07) is 3.56. The lowest BCUT2D eigenvalue weighted by atomic mass is 10.0. The maximum Gasteiger partial charge on any atom is 0.272 e. The summed E-state index contributed by atoms with van der Waals surface area (Å²) in [5, 5.41) is 2.93. The van der Waals surface area contributed by atoms with E-state index in [1.54, 1.807) is 18.3 Å². The molecule has 18 heavy (non-hydrogen) atoms. The Balaban J connectivity index is 2.43. The van der Waals surface area contributed by atoms with Gasteiger partial charge in [0.2, 0.25) is 0 Å². The number of aromatic nitrogens is 1. The highest BCUT2D eigenvalue weighted by Gasteiger charge is 2.13. The fraction of sp³-hybridized carbons (Fsp3) is 0.571. The van der Waals surface area contributed by atoms with Crippen molar-refractivity contribution in [2.75, 3.05) is 5.73 Å². The van der Waals surface area contributed by atoms with E-state index in [9.17, 15) is 4.79 Å². The number of nitrogens with two attached hydrogens (primary N) is 1. The van der Waals surface area contributed by atoms with Gasteiger partial charge in [-0.3, -0.25) is 4.79 Å². The summed E-state index contributed by atoms with van der Waals surface area (Å²) in [7, 11) is 0. The molecule has 0 aliphatic heterocycles. The van der Waals surface area contributed by atoms with E-state index in [1.807, 2.05) is 6.92 Å². The summed E-state index contributed by atoms with van der Waals surface area (Å²) in [6.07, 6.45) is 4.87. The molecule has 1 aromatic rings. The largest absolute Gasteiger partial charge is 0.397 e. The monoisotopic (exact) mass is 249 g/mol. The van der Waals surface area contributed by atoms with E-state index in [-0.39, 0.29) is 11.9 Å². The second kappa shape index (κ2) is 6.99. The number of carbonyl (C=O) groups is 1. The molecule has 1 rings (SSSR count). The minimum Gasteiger partial charge on any atom is -0.397 e. The predicted octanol–water partition coefficient (Wildman–Crippen LogP) is 2.61. The summed E-state index contributed by atoms with van der Waals surface area (Å²) < 4.78 is 0. The molecule has 100 valence electrons. The number of carbonyl (C=O) groups excluding carboxylic acids is 1. The molecular weight excluding hydrogens is 226 g/mol. The molecule has 0 saturated carbocycles. The molecule has 0 radical (unpaired) electrons. The van der Waals surface area contributed by atoms with Crippen LogP contribution in [0.4, 0.5) is 5.69 Å². The van der Waals surface area contributed by atoms with Gasteiger partial charge in [-0.15, -0.1) is 0 Å². The first kappa shape index (κ1) is 14.5. The van der Waals surface area contributed by atoms with Gasteiger partial charge in [-0.2, -0.15) is 0 Å². The number of anilines is 1. The molecule has 4 nitrogen and oxygen atoms in total. The molecule has 0 aliphatic carbocycles.